The summed E-state index contributed by atoms with van der Waals surface area (Å²) in [5.41, 5.74) is 3.68. The topological polar surface area (TPSA) is 86.6 Å². The zero-order chi connectivity index (χ0) is 27.2. The second kappa shape index (κ2) is 10.1. The Kier molecular flexibility index (Phi) is 6.75. The number of amides is 1. The van der Waals surface area contributed by atoms with Gasteiger partial charge in [-0.25, -0.2) is 9.97 Å². The van der Waals surface area contributed by atoms with Gasteiger partial charge in [0.25, 0.3) is 0 Å². The second-order valence-corrected chi connectivity index (χ2v) is 12.5. The monoisotopic (exact) mass is 557 g/mol. The third-order valence-corrected chi connectivity index (χ3v) is 10.4. The summed E-state index contributed by atoms with van der Waals surface area (Å²) in [7, 11) is 0. The number of aliphatic hydroxyl groups is 2. The van der Waals surface area contributed by atoms with Crippen LogP contribution >= 0.6 is 22.7 Å². The van der Waals surface area contributed by atoms with Crippen molar-refractivity contribution in [1.82, 2.24) is 14.9 Å². The van der Waals surface area contributed by atoms with Gasteiger partial charge in [0, 0.05) is 51.0 Å². The van der Waals surface area contributed by atoms with Gasteiger partial charge in [0.15, 0.2) is 0 Å². The van der Waals surface area contributed by atoms with Gasteiger partial charge >= 0.3 is 0 Å². The molecule has 1 saturated heterocycles. The molecule has 2 N–H and O–H groups in total. The van der Waals surface area contributed by atoms with Gasteiger partial charge in [-0.05, 0) is 29.2 Å². The van der Waals surface area contributed by atoms with Crippen LogP contribution < -0.4 is 0 Å². The van der Waals surface area contributed by atoms with E-state index < -0.39 is 11.2 Å². The molecule has 39 heavy (non-hydrogen) atoms. The first-order valence-corrected chi connectivity index (χ1v) is 15.0. The predicted octanol–water partition coefficient (Wildman–Crippen LogP) is 6.36. The van der Waals surface area contributed by atoms with Crippen LogP contribution in [0.25, 0.3) is 37.2 Å². The van der Waals surface area contributed by atoms with Crippen molar-refractivity contribution in [3.05, 3.63) is 77.4 Å². The normalized spacial score (nSPS) is 20.4. The van der Waals surface area contributed by atoms with Crippen molar-refractivity contribution in [3.8, 4) is 31.6 Å². The SMILES string of the molecule is CCC1(O)C=C(c2ccc(-c3nc(-c4cnc(C5(O)CCN(C(C)=O)CC5)s4)sc3-c3ccccc3)cc2)C1. The first-order chi connectivity index (χ1) is 18.8. The van der Waals surface area contributed by atoms with Crippen molar-refractivity contribution in [2.45, 2.75) is 50.7 Å². The molecule has 1 fully saturated rings. The van der Waals surface area contributed by atoms with Crippen LogP contribution in [0, 0.1) is 0 Å². The van der Waals surface area contributed by atoms with Gasteiger partial charge in [-0.3, -0.25) is 4.79 Å². The number of carbonyl (C=O) groups is 1. The highest BCUT2D eigenvalue weighted by Gasteiger charge is 2.38. The number of thiazole rings is 2. The third-order valence-electron chi connectivity index (χ3n) is 7.89. The molecule has 0 spiro atoms. The minimum atomic E-state index is -1.02. The van der Waals surface area contributed by atoms with Gasteiger partial charge in [-0.15, -0.1) is 22.7 Å². The van der Waals surface area contributed by atoms with Gasteiger partial charge in [0.05, 0.1) is 21.0 Å². The number of rotatable bonds is 6. The smallest absolute Gasteiger partial charge is 0.219 e. The van der Waals surface area contributed by atoms with Gasteiger partial charge in [0.2, 0.25) is 5.91 Å². The van der Waals surface area contributed by atoms with Crippen LogP contribution in [-0.4, -0.2) is 49.7 Å². The van der Waals surface area contributed by atoms with E-state index in [1.165, 1.54) is 16.9 Å². The molecular weight excluding hydrogens is 526 g/mol. The molecule has 1 amide bonds. The van der Waals surface area contributed by atoms with Gasteiger partial charge in [0.1, 0.15) is 15.6 Å². The number of likely N-dealkylation sites (tertiary alicyclic amines) is 1. The standard InChI is InChI=1S/C31H31N3O3S2/c1-3-30(36)17-24(18-30)21-9-11-22(12-10-21)26-27(23-7-5-4-6-8-23)39-28(33-26)25-19-32-29(38-25)31(37)13-15-34(16-14-31)20(2)35/h4-12,17,19,36-37H,3,13-16,18H2,1-2H3. The first kappa shape index (κ1) is 26.1. The summed E-state index contributed by atoms with van der Waals surface area (Å²) in [6, 6.07) is 18.7. The van der Waals surface area contributed by atoms with Crippen molar-refractivity contribution in [2.75, 3.05) is 13.1 Å². The van der Waals surface area contributed by atoms with Crippen LogP contribution in [0.15, 0.2) is 66.9 Å². The summed E-state index contributed by atoms with van der Waals surface area (Å²) in [5.74, 6) is 0.0422. The van der Waals surface area contributed by atoms with Crippen LogP contribution in [0.2, 0.25) is 0 Å². The lowest BCUT2D eigenvalue weighted by atomic mass is 9.77. The molecule has 3 heterocycles. The lowest BCUT2D eigenvalue weighted by Crippen LogP contribution is -2.44. The maximum absolute atomic E-state index is 11.7. The van der Waals surface area contributed by atoms with E-state index in [0.29, 0.717) is 37.4 Å². The number of hydrogen-bond acceptors (Lipinski definition) is 7. The summed E-state index contributed by atoms with van der Waals surface area (Å²) in [6.07, 6.45) is 6.16. The van der Waals surface area contributed by atoms with E-state index in [1.54, 1.807) is 23.2 Å². The highest BCUT2D eigenvalue weighted by Crippen LogP contribution is 2.45. The van der Waals surface area contributed by atoms with Crippen LogP contribution in [0.4, 0.5) is 0 Å². The fraction of sp³-hybridized carbons (Fsp3) is 0.323. The Morgan fingerprint density at radius 3 is 2.28 bits per heavy atom. The van der Waals surface area contributed by atoms with E-state index in [2.05, 4.69) is 41.4 Å². The summed E-state index contributed by atoms with van der Waals surface area (Å²) >= 11 is 3.12. The number of nitrogens with zero attached hydrogens (tertiary/aromatic N) is 3. The number of aromatic nitrogens is 2. The van der Waals surface area contributed by atoms with Gasteiger partial charge in [-0.1, -0.05) is 61.5 Å². The van der Waals surface area contributed by atoms with E-state index in [9.17, 15) is 15.0 Å². The fourth-order valence-corrected chi connectivity index (χ4v) is 7.47. The Bertz CT molecular complexity index is 1530. The summed E-state index contributed by atoms with van der Waals surface area (Å²) in [6.45, 7) is 4.64. The molecule has 4 aromatic rings. The largest absolute Gasteiger partial charge is 0.385 e. The van der Waals surface area contributed by atoms with E-state index in [1.807, 2.05) is 37.4 Å². The molecule has 1 atom stereocenters. The molecule has 1 unspecified atom stereocenters. The number of hydrogen-bond donors (Lipinski definition) is 2. The van der Waals surface area contributed by atoms with E-state index in [-0.39, 0.29) is 5.91 Å². The molecule has 1 aliphatic carbocycles. The fourth-order valence-electron chi connectivity index (χ4n) is 5.28. The first-order valence-electron chi connectivity index (χ1n) is 13.3. The molecule has 0 bridgehead atoms. The molecule has 8 heteroatoms. The molecule has 200 valence electrons. The van der Waals surface area contributed by atoms with E-state index in [0.717, 1.165) is 43.6 Å². The molecule has 1 aliphatic heterocycles. The van der Waals surface area contributed by atoms with Crippen LogP contribution in [0.5, 0.6) is 0 Å². The van der Waals surface area contributed by atoms with Gasteiger partial charge < -0.3 is 15.1 Å². The number of piperidine rings is 1. The Labute approximate surface area is 236 Å². The average Bonchev–Trinajstić information content (AvgIpc) is 3.61. The highest BCUT2D eigenvalue weighted by atomic mass is 32.1. The van der Waals surface area contributed by atoms with Crippen LogP contribution in [-0.2, 0) is 10.4 Å². The molecule has 0 saturated carbocycles. The lowest BCUT2D eigenvalue weighted by molar-refractivity contribution is -0.133. The molecule has 2 aromatic heterocycles. The molecule has 6 rings (SSSR count). The Balaban J connectivity index is 1.32. The van der Waals surface area contributed by atoms with Crippen molar-refractivity contribution in [1.29, 1.82) is 0 Å². The quantitative estimate of drug-likeness (QED) is 0.288. The number of benzene rings is 2. The van der Waals surface area contributed by atoms with Gasteiger partial charge in [-0.2, -0.15) is 0 Å². The molecular formula is C31H31N3O3S2. The van der Waals surface area contributed by atoms with Crippen LogP contribution in [0.3, 0.4) is 0 Å². The maximum Gasteiger partial charge on any atom is 0.219 e. The maximum atomic E-state index is 11.7. The van der Waals surface area contributed by atoms with Crippen molar-refractivity contribution in [2.24, 2.45) is 0 Å². The summed E-state index contributed by atoms with van der Waals surface area (Å²) in [4.78, 5) is 25.2. The zero-order valence-corrected chi connectivity index (χ0v) is 23.7. The van der Waals surface area contributed by atoms with E-state index in [4.69, 9.17) is 4.98 Å². The number of carbonyl (C=O) groups excluding carboxylic acids is 1. The molecule has 2 aliphatic rings. The van der Waals surface area contributed by atoms with Crippen LogP contribution in [0.1, 0.15) is 50.1 Å². The average molecular weight is 558 g/mol. The minimum Gasteiger partial charge on any atom is -0.385 e. The third kappa shape index (κ3) is 4.98. The minimum absolute atomic E-state index is 0.0422. The Hall–Kier alpha value is -3.17. The lowest BCUT2D eigenvalue weighted by Gasteiger charge is -2.36. The summed E-state index contributed by atoms with van der Waals surface area (Å²) < 4.78 is 0. The van der Waals surface area contributed by atoms with Crippen molar-refractivity contribution < 1.29 is 15.0 Å². The second-order valence-electron chi connectivity index (χ2n) is 10.5. The molecule has 2 aromatic carbocycles. The van der Waals surface area contributed by atoms with Crippen molar-refractivity contribution >= 4 is 34.2 Å². The molecule has 6 nitrogen and oxygen atoms in total. The zero-order valence-electron chi connectivity index (χ0n) is 22.1. The molecule has 0 radical (unpaired) electrons. The Morgan fingerprint density at radius 1 is 0.974 bits per heavy atom. The Morgan fingerprint density at radius 2 is 1.64 bits per heavy atom. The van der Waals surface area contributed by atoms with E-state index >= 15 is 0 Å². The summed E-state index contributed by atoms with van der Waals surface area (Å²) in [5, 5.41) is 23.3. The highest BCUT2D eigenvalue weighted by molar-refractivity contribution is 7.23. The predicted molar refractivity (Wildman–Crippen MR) is 157 cm³/mol. The van der Waals surface area contributed by atoms with Crippen molar-refractivity contribution in [3.63, 3.8) is 0 Å².